The van der Waals surface area contributed by atoms with Crippen molar-refractivity contribution >= 4 is 5.91 Å². The quantitative estimate of drug-likeness (QED) is 0.658. The van der Waals surface area contributed by atoms with Gasteiger partial charge in [0.05, 0.1) is 13.2 Å². The van der Waals surface area contributed by atoms with E-state index in [2.05, 4.69) is 19.2 Å². The molecule has 30 heavy (non-hydrogen) atoms. The standard InChI is InChI=1S/C25H31NO4/c1-18(2)22-14-23(25(28)26-13-12-19-6-4-3-5-7-19)30-24(15-22)29-17-21-10-8-20(16-27)9-11-21/h3-11,14,18,22,24,27H,12-13,15-17H2,1-2H3,(H,26,28)/t22-,24+/m1/s1. The molecule has 0 aliphatic carbocycles. The Morgan fingerprint density at radius 2 is 1.80 bits per heavy atom. The Morgan fingerprint density at radius 1 is 1.10 bits per heavy atom. The third-order valence-electron chi connectivity index (χ3n) is 5.35. The fourth-order valence-electron chi connectivity index (χ4n) is 3.39. The number of amides is 1. The molecule has 160 valence electrons. The Bertz CT molecular complexity index is 830. The number of aliphatic hydroxyl groups is 1. The van der Waals surface area contributed by atoms with E-state index in [1.807, 2.05) is 60.7 Å². The van der Waals surface area contributed by atoms with E-state index in [0.29, 0.717) is 31.2 Å². The molecular formula is C25H31NO4. The van der Waals surface area contributed by atoms with Gasteiger partial charge >= 0.3 is 0 Å². The van der Waals surface area contributed by atoms with Gasteiger partial charge in [-0.05, 0) is 41.0 Å². The molecule has 0 spiro atoms. The van der Waals surface area contributed by atoms with Crippen LogP contribution in [0.4, 0.5) is 0 Å². The van der Waals surface area contributed by atoms with Crippen molar-refractivity contribution in [2.75, 3.05) is 6.54 Å². The summed E-state index contributed by atoms with van der Waals surface area (Å²) in [7, 11) is 0. The second-order valence-electron chi connectivity index (χ2n) is 8.00. The van der Waals surface area contributed by atoms with Crippen molar-refractivity contribution in [2.24, 2.45) is 11.8 Å². The highest BCUT2D eigenvalue weighted by atomic mass is 16.7. The molecule has 1 amide bonds. The number of benzene rings is 2. The SMILES string of the molecule is CC(C)[C@@H]1C=C(C(=O)NCCc2ccccc2)O[C@H](OCc2ccc(CO)cc2)C1. The van der Waals surface area contributed by atoms with Gasteiger partial charge in [0.15, 0.2) is 5.76 Å². The highest BCUT2D eigenvalue weighted by Crippen LogP contribution is 2.29. The van der Waals surface area contributed by atoms with Crippen LogP contribution >= 0.6 is 0 Å². The van der Waals surface area contributed by atoms with Crippen LogP contribution < -0.4 is 5.32 Å². The molecule has 0 radical (unpaired) electrons. The summed E-state index contributed by atoms with van der Waals surface area (Å²) >= 11 is 0. The van der Waals surface area contributed by atoms with Gasteiger partial charge in [-0.1, -0.05) is 68.4 Å². The van der Waals surface area contributed by atoms with Crippen molar-refractivity contribution in [2.45, 2.75) is 46.2 Å². The highest BCUT2D eigenvalue weighted by Gasteiger charge is 2.29. The molecule has 2 aromatic carbocycles. The molecule has 1 aliphatic heterocycles. The minimum atomic E-state index is -0.463. The Balaban J connectivity index is 1.55. The molecule has 0 bridgehead atoms. The zero-order valence-electron chi connectivity index (χ0n) is 17.7. The minimum absolute atomic E-state index is 0.0243. The Kier molecular flexibility index (Phi) is 8.05. The number of hydrogen-bond acceptors (Lipinski definition) is 4. The monoisotopic (exact) mass is 409 g/mol. The maximum Gasteiger partial charge on any atom is 0.286 e. The first-order valence-electron chi connectivity index (χ1n) is 10.6. The van der Waals surface area contributed by atoms with Crippen molar-refractivity contribution < 1.29 is 19.4 Å². The number of allylic oxidation sites excluding steroid dienone is 1. The molecule has 5 heteroatoms. The molecule has 0 fully saturated rings. The number of carbonyl (C=O) groups excluding carboxylic acids is 1. The summed E-state index contributed by atoms with van der Waals surface area (Å²) < 4.78 is 11.9. The maximum absolute atomic E-state index is 12.7. The van der Waals surface area contributed by atoms with Crippen LogP contribution in [0.15, 0.2) is 66.4 Å². The van der Waals surface area contributed by atoms with Gasteiger partial charge < -0.3 is 19.9 Å². The van der Waals surface area contributed by atoms with E-state index in [-0.39, 0.29) is 18.4 Å². The number of ether oxygens (including phenoxy) is 2. The molecule has 0 aromatic heterocycles. The summed E-state index contributed by atoms with van der Waals surface area (Å²) in [5, 5.41) is 12.1. The van der Waals surface area contributed by atoms with Gasteiger partial charge in [0, 0.05) is 13.0 Å². The van der Waals surface area contributed by atoms with Crippen molar-refractivity contribution in [3.63, 3.8) is 0 Å². The number of rotatable bonds is 9. The zero-order chi connectivity index (χ0) is 21.3. The fraction of sp³-hybridized carbons (Fsp3) is 0.400. The van der Waals surface area contributed by atoms with Crippen molar-refractivity contribution in [1.29, 1.82) is 0 Å². The van der Waals surface area contributed by atoms with Gasteiger partial charge in [-0.25, -0.2) is 0 Å². The predicted molar refractivity (Wildman–Crippen MR) is 116 cm³/mol. The number of hydrogen-bond donors (Lipinski definition) is 2. The summed E-state index contributed by atoms with van der Waals surface area (Å²) in [5.41, 5.74) is 3.05. The fourth-order valence-corrected chi connectivity index (χ4v) is 3.39. The second kappa shape index (κ2) is 11.0. The van der Waals surface area contributed by atoms with Crippen molar-refractivity contribution in [1.82, 2.24) is 5.32 Å². The highest BCUT2D eigenvalue weighted by molar-refractivity contribution is 5.91. The van der Waals surface area contributed by atoms with Gasteiger partial charge in [0.1, 0.15) is 0 Å². The topological polar surface area (TPSA) is 67.8 Å². The summed E-state index contributed by atoms with van der Waals surface area (Å²) in [5.74, 6) is 0.747. The smallest absolute Gasteiger partial charge is 0.286 e. The lowest BCUT2D eigenvalue weighted by Crippen LogP contribution is -2.35. The molecule has 1 aliphatic rings. The van der Waals surface area contributed by atoms with Crippen molar-refractivity contribution in [3.05, 3.63) is 83.1 Å². The van der Waals surface area contributed by atoms with E-state index >= 15 is 0 Å². The third kappa shape index (κ3) is 6.44. The van der Waals surface area contributed by atoms with Crippen LogP contribution in [0.1, 0.15) is 37.0 Å². The molecule has 2 atom stereocenters. The molecule has 5 nitrogen and oxygen atoms in total. The molecule has 0 saturated heterocycles. The summed E-state index contributed by atoms with van der Waals surface area (Å²) in [6.07, 6.45) is 2.96. The summed E-state index contributed by atoms with van der Waals surface area (Å²) in [6.45, 7) is 5.25. The van der Waals surface area contributed by atoms with Crippen LogP contribution in [0.25, 0.3) is 0 Å². The first-order valence-corrected chi connectivity index (χ1v) is 10.6. The molecule has 0 saturated carbocycles. The average Bonchev–Trinajstić information content (AvgIpc) is 2.78. The molecule has 2 aromatic rings. The van der Waals surface area contributed by atoms with Crippen LogP contribution in [0, 0.1) is 11.8 Å². The number of nitrogens with one attached hydrogen (secondary N) is 1. The molecule has 1 heterocycles. The minimum Gasteiger partial charge on any atom is -0.459 e. The van der Waals surface area contributed by atoms with Crippen LogP contribution in [-0.4, -0.2) is 23.8 Å². The average molecular weight is 410 g/mol. The second-order valence-corrected chi connectivity index (χ2v) is 8.00. The van der Waals surface area contributed by atoms with E-state index in [1.54, 1.807) is 0 Å². The van der Waals surface area contributed by atoms with E-state index in [1.165, 1.54) is 5.56 Å². The Labute approximate surface area is 178 Å². The Hall–Kier alpha value is -2.63. The number of carbonyl (C=O) groups is 1. The lowest BCUT2D eigenvalue weighted by Gasteiger charge is -2.31. The Morgan fingerprint density at radius 3 is 2.47 bits per heavy atom. The molecule has 3 rings (SSSR count). The summed E-state index contributed by atoms with van der Waals surface area (Å²) in [6, 6.07) is 17.7. The van der Waals surface area contributed by atoms with E-state index in [9.17, 15) is 4.79 Å². The third-order valence-corrected chi connectivity index (χ3v) is 5.35. The van der Waals surface area contributed by atoms with E-state index < -0.39 is 6.29 Å². The molecule has 0 unspecified atom stereocenters. The van der Waals surface area contributed by atoms with Crippen LogP contribution in [0.2, 0.25) is 0 Å². The lowest BCUT2D eigenvalue weighted by atomic mass is 9.90. The zero-order valence-corrected chi connectivity index (χ0v) is 17.7. The van der Waals surface area contributed by atoms with Crippen molar-refractivity contribution in [3.8, 4) is 0 Å². The van der Waals surface area contributed by atoms with Gasteiger partial charge in [-0.3, -0.25) is 4.79 Å². The van der Waals surface area contributed by atoms with Crippen LogP contribution in [-0.2, 0) is 33.9 Å². The first kappa shape index (κ1) is 22.1. The van der Waals surface area contributed by atoms with Gasteiger partial charge in [-0.15, -0.1) is 0 Å². The first-order chi connectivity index (χ1) is 14.5. The largest absolute Gasteiger partial charge is 0.459 e. The summed E-state index contributed by atoms with van der Waals surface area (Å²) in [4.78, 5) is 12.7. The van der Waals surface area contributed by atoms with E-state index in [0.717, 1.165) is 17.5 Å². The van der Waals surface area contributed by atoms with Gasteiger partial charge in [0.25, 0.3) is 5.91 Å². The molecular weight excluding hydrogens is 378 g/mol. The lowest BCUT2D eigenvalue weighted by molar-refractivity contribution is -0.154. The van der Waals surface area contributed by atoms with Crippen LogP contribution in [0.5, 0.6) is 0 Å². The maximum atomic E-state index is 12.7. The predicted octanol–water partition coefficient (Wildman–Crippen LogP) is 3.96. The van der Waals surface area contributed by atoms with Crippen LogP contribution in [0.3, 0.4) is 0 Å². The molecule has 2 N–H and O–H groups in total. The van der Waals surface area contributed by atoms with E-state index in [4.69, 9.17) is 14.6 Å². The number of aliphatic hydroxyl groups excluding tert-OH is 1. The normalized spacial score (nSPS) is 18.6. The van der Waals surface area contributed by atoms with Gasteiger partial charge in [0.2, 0.25) is 6.29 Å². The van der Waals surface area contributed by atoms with Gasteiger partial charge in [-0.2, -0.15) is 0 Å².